The van der Waals surface area contributed by atoms with E-state index in [1.54, 1.807) is 24.5 Å². The van der Waals surface area contributed by atoms with Crippen LogP contribution >= 0.6 is 0 Å². The van der Waals surface area contributed by atoms with E-state index < -0.39 is 5.82 Å². The van der Waals surface area contributed by atoms with Crippen molar-refractivity contribution in [2.45, 2.75) is 45.3 Å². The lowest BCUT2D eigenvalue weighted by Crippen LogP contribution is -2.39. The molecule has 1 aliphatic rings. The lowest BCUT2D eigenvalue weighted by Gasteiger charge is -2.34. The number of methoxy groups -OCH3 is 1. The molecule has 1 fully saturated rings. The summed E-state index contributed by atoms with van der Waals surface area (Å²) in [6.07, 6.45) is 5.66. The number of piperidine rings is 1. The first kappa shape index (κ1) is 21.0. The van der Waals surface area contributed by atoms with Crippen LogP contribution in [-0.2, 0) is 0 Å². The average Bonchev–Trinajstić information content (AvgIpc) is 2.80. The van der Waals surface area contributed by atoms with Gasteiger partial charge in [0.15, 0.2) is 23.2 Å². The second-order valence-electron chi connectivity index (χ2n) is 7.71. The molecular formula is C22H27FN6O2. The molecule has 1 saturated heterocycles. The summed E-state index contributed by atoms with van der Waals surface area (Å²) in [5.41, 5.74) is 1.41. The molecule has 0 amide bonds. The van der Waals surface area contributed by atoms with E-state index in [9.17, 15) is 4.39 Å². The van der Waals surface area contributed by atoms with Crippen molar-refractivity contribution in [3.63, 3.8) is 0 Å². The maximum Gasteiger partial charge on any atom is 0.172 e. The predicted octanol–water partition coefficient (Wildman–Crippen LogP) is 3.83. The van der Waals surface area contributed by atoms with E-state index in [-0.39, 0.29) is 17.9 Å². The lowest BCUT2D eigenvalue weighted by molar-refractivity contribution is 0.163. The van der Waals surface area contributed by atoms with Crippen molar-refractivity contribution in [2.24, 2.45) is 0 Å². The largest absolute Gasteiger partial charge is 0.497 e. The van der Waals surface area contributed by atoms with E-state index in [4.69, 9.17) is 19.4 Å². The van der Waals surface area contributed by atoms with E-state index in [0.717, 1.165) is 44.0 Å². The normalized spacial score (nSPS) is 15.7. The summed E-state index contributed by atoms with van der Waals surface area (Å²) in [6.45, 7) is 5.70. The van der Waals surface area contributed by atoms with Crippen molar-refractivity contribution in [1.82, 2.24) is 20.2 Å². The monoisotopic (exact) mass is 426 g/mol. The van der Waals surface area contributed by atoms with E-state index >= 15 is 0 Å². The zero-order valence-corrected chi connectivity index (χ0v) is 18.0. The fourth-order valence-corrected chi connectivity index (χ4v) is 3.54. The van der Waals surface area contributed by atoms with Crippen molar-refractivity contribution < 1.29 is 13.9 Å². The first-order valence-electron chi connectivity index (χ1n) is 10.6. The summed E-state index contributed by atoms with van der Waals surface area (Å²) >= 11 is 0. The highest BCUT2D eigenvalue weighted by Crippen LogP contribution is 2.30. The Labute approximate surface area is 180 Å². The fraction of sp³-hybridized carbons (Fsp3) is 0.455. The summed E-state index contributed by atoms with van der Waals surface area (Å²) in [5, 5.41) is 11.3. The van der Waals surface area contributed by atoms with Crippen LogP contribution in [0.15, 0.2) is 30.6 Å². The summed E-state index contributed by atoms with van der Waals surface area (Å²) < 4.78 is 25.2. The van der Waals surface area contributed by atoms with Gasteiger partial charge in [0.2, 0.25) is 0 Å². The Balaban J connectivity index is 1.49. The molecule has 3 aromatic rings. The Kier molecular flexibility index (Phi) is 6.29. The molecule has 4 rings (SSSR count). The molecule has 0 unspecified atom stereocenters. The van der Waals surface area contributed by atoms with Gasteiger partial charge in [-0.25, -0.2) is 14.4 Å². The van der Waals surface area contributed by atoms with Gasteiger partial charge >= 0.3 is 0 Å². The van der Waals surface area contributed by atoms with Gasteiger partial charge < -0.3 is 19.7 Å². The number of aromatic nitrogens is 4. The summed E-state index contributed by atoms with van der Waals surface area (Å²) in [4.78, 5) is 11.8. The minimum absolute atomic E-state index is 0.0654. The molecule has 1 aliphatic heterocycles. The highest BCUT2D eigenvalue weighted by atomic mass is 19.1. The van der Waals surface area contributed by atoms with E-state index in [1.807, 2.05) is 0 Å². The van der Waals surface area contributed by atoms with Crippen molar-refractivity contribution in [3.05, 3.63) is 36.4 Å². The quantitative estimate of drug-likeness (QED) is 0.610. The van der Waals surface area contributed by atoms with Gasteiger partial charge in [-0.05, 0) is 25.5 Å². The highest BCUT2D eigenvalue weighted by Gasteiger charge is 2.25. The molecule has 8 nitrogen and oxygen atoms in total. The number of anilines is 2. The molecule has 31 heavy (non-hydrogen) atoms. The Hall–Kier alpha value is -3.23. The molecule has 0 radical (unpaired) electrons. The van der Waals surface area contributed by atoms with Gasteiger partial charge in [0.25, 0.3) is 0 Å². The zero-order chi connectivity index (χ0) is 21.8. The second kappa shape index (κ2) is 9.28. The van der Waals surface area contributed by atoms with Crippen molar-refractivity contribution in [3.8, 4) is 11.5 Å². The number of nitrogens with zero attached hydrogens (tertiary/aromatic N) is 5. The maximum atomic E-state index is 14.2. The van der Waals surface area contributed by atoms with Crippen molar-refractivity contribution >= 4 is 22.7 Å². The van der Waals surface area contributed by atoms with Gasteiger partial charge in [0, 0.05) is 38.0 Å². The third kappa shape index (κ3) is 4.76. The first-order chi connectivity index (χ1) is 15.1. The number of hydrogen-bond acceptors (Lipinski definition) is 8. The molecule has 1 atom stereocenters. The molecule has 3 heterocycles. The fourth-order valence-electron chi connectivity index (χ4n) is 3.54. The molecule has 2 aromatic heterocycles. The van der Waals surface area contributed by atoms with Crippen LogP contribution < -0.4 is 19.7 Å². The maximum absolute atomic E-state index is 14.2. The Morgan fingerprint density at radius 2 is 1.87 bits per heavy atom. The van der Waals surface area contributed by atoms with Crippen LogP contribution in [-0.4, -0.2) is 52.5 Å². The number of benzene rings is 1. The van der Waals surface area contributed by atoms with Crippen LogP contribution in [0.1, 0.15) is 33.1 Å². The minimum atomic E-state index is -0.414. The van der Waals surface area contributed by atoms with Gasteiger partial charge in [0.1, 0.15) is 22.9 Å². The molecule has 1 N–H and O–H groups in total. The van der Waals surface area contributed by atoms with E-state index in [1.165, 1.54) is 13.2 Å². The molecule has 9 heteroatoms. The van der Waals surface area contributed by atoms with Crippen LogP contribution in [0.3, 0.4) is 0 Å². The third-order valence-electron chi connectivity index (χ3n) is 5.53. The minimum Gasteiger partial charge on any atom is -0.497 e. The van der Waals surface area contributed by atoms with Crippen molar-refractivity contribution in [2.75, 3.05) is 30.4 Å². The van der Waals surface area contributed by atoms with Gasteiger partial charge in [-0.3, -0.25) is 0 Å². The van der Waals surface area contributed by atoms with Crippen LogP contribution in [0.2, 0.25) is 0 Å². The third-order valence-corrected chi connectivity index (χ3v) is 5.53. The molecular weight excluding hydrogens is 399 g/mol. The van der Waals surface area contributed by atoms with Gasteiger partial charge in [-0.2, -0.15) is 10.2 Å². The Bertz CT molecular complexity index is 1040. The summed E-state index contributed by atoms with van der Waals surface area (Å²) in [5.74, 6) is 1.86. The highest BCUT2D eigenvalue weighted by molar-refractivity contribution is 5.79. The number of nitrogens with one attached hydrogen (secondary N) is 1. The Morgan fingerprint density at radius 3 is 2.52 bits per heavy atom. The zero-order valence-electron chi connectivity index (χ0n) is 18.0. The molecule has 0 spiro atoms. The number of rotatable bonds is 7. The first-order valence-corrected chi connectivity index (χ1v) is 10.6. The second-order valence-corrected chi connectivity index (χ2v) is 7.71. The van der Waals surface area contributed by atoms with Gasteiger partial charge in [-0.1, -0.05) is 6.92 Å². The van der Waals surface area contributed by atoms with E-state index in [0.29, 0.717) is 16.8 Å². The van der Waals surface area contributed by atoms with Crippen LogP contribution in [0.25, 0.3) is 11.0 Å². The standard InChI is InChI=1S/C22H27FN6O2/c1-4-14(2)26-21-22(28-19-13-25-24-12-18(19)27-21)29-9-7-15(8-10-29)31-20-6-5-16(30-3)11-17(20)23/h5-6,11-15H,4,7-10H2,1-3H3,(H,26,27)/t14-/m0/s1. The molecule has 0 bridgehead atoms. The molecule has 0 saturated carbocycles. The molecule has 164 valence electrons. The Morgan fingerprint density at radius 1 is 1.16 bits per heavy atom. The smallest absolute Gasteiger partial charge is 0.172 e. The lowest BCUT2D eigenvalue weighted by atomic mass is 10.1. The predicted molar refractivity (Wildman–Crippen MR) is 117 cm³/mol. The number of hydrogen-bond donors (Lipinski definition) is 1. The number of halogens is 1. The summed E-state index contributed by atoms with van der Waals surface area (Å²) in [7, 11) is 1.51. The van der Waals surface area contributed by atoms with Gasteiger partial charge in [-0.15, -0.1) is 0 Å². The van der Waals surface area contributed by atoms with Crippen LogP contribution in [0.5, 0.6) is 11.5 Å². The van der Waals surface area contributed by atoms with Crippen LogP contribution in [0, 0.1) is 5.82 Å². The van der Waals surface area contributed by atoms with Crippen LogP contribution in [0.4, 0.5) is 16.0 Å². The average molecular weight is 426 g/mol. The topological polar surface area (TPSA) is 85.3 Å². The number of ether oxygens (including phenoxy) is 2. The SMILES string of the molecule is CC[C@H](C)Nc1nc2cnncc2nc1N1CCC(Oc2ccc(OC)cc2F)CC1. The molecule has 0 aliphatic carbocycles. The molecule has 1 aromatic carbocycles. The number of fused-ring (bicyclic) bond motifs is 1. The summed E-state index contributed by atoms with van der Waals surface area (Å²) in [6, 6.07) is 4.92. The van der Waals surface area contributed by atoms with E-state index in [2.05, 4.69) is 34.3 Å². The van der Waals surface area contributed by atoms with Crippen molar-refractivity contribution in [1.29, 1.82) is 0 Å². The van der Waals surface area contributed by atoms with Gasteiger partial charge in [0.05, 0.1) is 19.5 Å².